The fourth-order valence-electron chi connectivity index (χ4n) is 1.56. The Labute approximate surface area is 103 Å². The van der Waals surface area contributed by atoms with Crippen molar-refractivity contribution in [3.8, 4) is 5.75 Å². The predicted molar refractivity (Wildman–Crippen MR) is 68.2 cm³/mol. The molecule has 2 aromatic rings. The quantitative estimate of drug-likeness (QED) is 0.657. The molecule has 1 aromatic heterocycles. The van der Waals surface area contributed by atoms with Crippen LogP contribution in [0.1, 0.15) is 12.2 Å². The molecule has 3 nitrogen and oxygen atoms in total. The summed E-state index contributed by atoms with van der Waals surface area (Å²) in [5.74, 6) is 0.849. The number of halogens is 1. The summed E-state index contributed by atoms with van der Waals surface area (Å²) in [6.45, 7) is -0.145. The molecule has 90 valence electrons. The second kappa shape index (κ2) is 5.14. The summed E-state index contributed by atoms with van der Waals surface area (Å²) >= 11 is 4.90. The number of thiocarbonyl (C=S) groups is 1. The van der Waals surface area contributed by atoms with Crippen LogP contribution in [-0.2, 0) is 0 Å². The van der Waals surface area contributed by atoms with Crippen LogP contribution in [0.5, 0.6) is 5.75 Å². The van der Waals surface area contributed by atoms with Gasteiger partial charge in [-0.3, -0.25) is 4.39 Å². The molecule has 0 unspecified atom stereocenters. The molecule has 17 heavy (non-hydrogen) atoms. The lowest BCUT2D eigenvalue weighted by molar-refractivity contribution is 0.288. The zero-order valence-corrected chi connectivity index (χ0v) is 9.93. The molecule has 1 aromatic carbocycles. The minimum absolute atomic E-state index is 0.136. The van der Waals surface area contributed by atoms with Crippen molar-refractivity contribution < 1.29 is 13.5 Å². The van der Waals surface area contributed by atoms with Crippen LogP contribution < -0.4 is 10.5 Å². The van der Waals surface area contributed by atoms with Gasteiger partial charge >= 0.3 is 0 Å². The third-order valence-electron chi connectivity index (χ3n) is 2.30. The normalized spacial score (nSPS) is 10.6. The molecule has 0 aliphatic rings. The molecule has 1 heterocycles. The summed E-state index contributed by atoms with van der Waals surface area (Å²) in [4.78, 5) is 0.136. The molecule has 0 atom stereocenters. The van der Waals surface area contributed by atoms with Gasteiger partial charge in [0, 0.05) is 6.42 Å². The van der Waals surface area contributed by atoms with E-state index in [2.05, 4.69) is 0 Å². The third kappa shape index (κ3) is 2.39. The molecule has 0 fully saturated rings. The number of nitrogens with two attached hydrogens (primary N) is 1. The molecular weight excluding hydrogens is 241 g/mol. The smallest absolute Gasteiger partial charge is 0.204 e. The van der Waals surface area contributed by atoms with E-state index in [4.69, 9.17) is 27.1 Å². The van der Waals surface area contributed by atoms with Crippen LogP contribution in [0.4, 0.5) is 4.39 Å². The highest BCUT2D eigenvalue weighted by Crippen LogP contribution is 2.33. The van der Waals surface area contributed by atoms with Gasteiger partial charge in [-0.1, -0.05) is 24.4 Å². The molecule has 0 saturated carbocycles. The van der Waals surface area contributed by atoms with Crippen LogP contribution in [0, 0.1) is 0 Å². The minimum atomic E-state index is -0.418. The number of ether oxygens (including phenoxy) is 1. The number of hydrogen-bond donors (Lipinski definition) is 1. The number of fused-ring (bicyclic) bond motifs is 1. The molecule has 0 aliphatic heterocycles. The Morgan fingerprint density at radius 2 is 2.18 bits per heavy atom. The topological polar surface area (TPSA) is 48.4 Å². The van der Waals surface area contributed by atoms with Crippen molar-refractivity contribution in [1.82, 2.24) is 0 Å². The van der Waals surface area contributed by atoms with E-state index in [0.29, 0.717) is 23.5 Å². The van der Waals surface area contributed by atoms with Crippen molar-refractivity contribution in [2.75, 3.05) is 13.3 Å². The molecular formula is C12H12FNO2S. The van der Waals surface area contributed by atoms with Crippen molar-refractivity contribution in [1.29, 1.82) is 0 Å². The Balaban J connectivity index is 2.41. The summed E-state index contributed by atoms with van der Waals surface area (Å²) in [6, 6.07) is 7.37. The number of para-hydroxylation sites is 1. The van der Waals surface area contributed by atoms with Gasteiger partial charge in [0.25, 0.3) is 0 Å². The molecule has 0 spiro atoms. The highest BCUT2D eigenvalue weighted by molar-refractivity contribution is 7.80. The summed E-state index contributed by atoms with van der Waals surface area (Å²) in [5, 5.41) is 0.800. The van der Waals surface area contributed by atoms with E-state index in [-0.39, 0.29) is 11.6 Å². The Morgan fingerprint density at radius 3 is 2.88 bits per heavy atom. The summed E-state index contributed by atoms with van der Waals surface area (Å²) in [6.07, 6.45) is 0.330. The van der Waals surface area contributed by atoms with E-state index in [0.717, 1.165) is 5.39 Å². The lowest BCUT2D eigenvalue weighted by atomic mass is 10.2. The van der Waals surface area contributed by atoms with Crippen LogP contribution in [0.25, 0.3) is 11.0 Å². The van der Waals surface area contributed by atoms with Crippen molar-refractivity contribution in [2.45, 2.75) is 6.42 Å². The Morgan fingerprint density at radius 1 is 1.41 bits per heavy atom. The Bertz CT molecular complexity index is 538. The van der Waals surface area contributed by atoms with Crippen molar-refractivity contribution >= 4 is 28.2 Å². The average Bonchev–Trinajstić information content (AvgIpc) is 2.69. The Hall–Kier alpha value is -1.62. The van der Waals surface area contributed by atoms with Crippen LogP contribution in [0.15, 0.2) is 28.7 Å². The third-order valence-corrected chi connectivity index (χ3v) is 2.48. The van der Waals surface area contributed by atoms with Gasteiger partial charge in [-0.25, -0.2) is 0 Å². The number of alkyl halides is 1. The van der Waals surface area contributed by atoms with Gasteiger partial charge < -0.3 is 14.9 Å². The molecule has 5 heteroatoms. The maximum absolute atomic E-state index is 12.0. The zero-order chi connectivity index (χ0) is 12.3. The second-order valence-corrected chi connectivity index (χ2v) is 3.95. The molecule has 0 aliphatic carbocycles. The fourth-order valence-corrected chi connectivity index (χ4v) is 1.69. The first-order chi connectivity index (χ1) is 8.24. The first kappa shape index (κ1) is 11.9. The molecule has 0 bridgehead atoms. The first-order valence-corrected chi connectivity index (χ1v) is 5.65. The SMILES string of the molecule is NC(=S)c1oc2ccccc2c1OCCCF. The Kier molecular flexibility index (Phi) is 3.58. The second-order valence-electron chi connectivity index (χ2n) is 3.51. The standard InChI is InChI=1S/C12H12FNO2S/c13-6-3-7-15-10-8-4-1-2-5-9(8)16-11(10)12(14)17/h1-2,4-5H,3,6-7H2,(H2,14,17). The lowest BCUT2D eigenvalue weighted by Gasteiger charge is -2.04. The average molecular weight is 253 g/mol. The maximum Gasteiger partial charge on any atom is 0.204 e. The van der Waals surface area contributed by atoms with Gasteiger partial charge in [-0.2, -0.15) is 0 Å². The molecule has 0 radical (unpaired) electrons. The number of rotatable bonds is 5. The predicted octanol–water partition coefficient (Wildman–Crippen LogP) is 2.81. The highest BCUT2D eigenvalue weighted by atomic mass is 32.1. The van der Waals surface area contributed by atoms with Gasteiger partial charge in [-0.05, 0) is 12.1 Å². The molecule has 2 N–H and O–H groups in total. The van der Waals surface area contributed by atoms with E-state index in [1.807, 2.05) is 18.2 Å². The van der Waals surface area contributed by atoms with Crippen LogP contribution in [-0.4, -0.2) is 18.3 Å². The number of furan rings is 1. The van der Waals surface area contributed by atoms with Crippen LogP contribution in [0.2, 0.25) is 0 Å². The largest absolute Gasteiger partial charge is 0.489 e. The zero-order valence-electron chi connectivity index (χ0n) is 9.11. The number of benzene rings is 1. The van der Waals surface area contributed by atoms with Crippen LogP contribution in [0.3, 0.4) is 0 Å². The van der Waals surface area contributed by atoms with Gasteiger partial charge in [0.05, 0.1) is 18.7 Å². The van der Waals surface area contributed by atoms with Crippen molar-refractivity contribution in [3.05, 3.63) is 30.0 Å². The molecule has 0 amide bonds. The van der Waals surface area contributed by atoms with E-state index < -0.39 is 6.67 Å². The van der Waals surface area contributed by atoms with Crippen LogP contribution >= 0.6 is 12.2 Å². The monoisotopic (exact) mass is 253 g/mol. The molecule has 2 rings (SSSR count). The summed E-state index contributed by atoms with van der Waals surface area (Å²) in [5.41, 5.74) is 6.22. The van der Waals surface area contributed by atoms with Gasteiger partial charge in [0.15, 0.2) is 5.75 Å². The van der Waals surface area contributed by atoms with Crippen molar-refractivity contribution in [2.24, 2.45) is 5.73 Å². The van der Waals surface area contributed by atoms with Gasteiger partial charge in [0.1, 0.15) is 10.6 Å². The van der Waals surface area contributed by atoms with Gasteiger partial charge in [-0.15, -0.1) is 0 Å². The van der Waals surface area contributed by atoms with E-state index in [9.17, 15) is 4.39 Å². The summed E-state index contributed by atoms with van der Waals surface area (Å²) < 4.78 is 23.0. The first-order valence-electron chi connectivity index (χ1n) is 5.24. The summed E-state index contributed by atoms with van der Waals surface area (Å²) in [7, 11) is 0. The van der Waals surface area contributed by atoms with E-state index >= 15 is 0 Å². The van der Waals surface area contributed by atoms with E-state index in [1.165, 1.54) is 0 Å². The van der Waals surface area contributed by atoms with E-state index in [1.54, 1.807) is 6.07 Å². The number of hydrogen-bond acceptors (Lipinski definition) is 3. The fraction of sp³-hybridized carbons (Fsp3) is 0.250. The molecule has 0 saturated heterocycles. The maximum atomic E-state index is 12.0. The van der Waals surface area contributed by atoms with Crippen molar-refractivity contribution in [3.63, 3.8) is 0 Å². The lowest BCUT2D eigenvalue weighted by Crippen LogP contribution is -2.10. The van der Waals surface area contributed by atoms with Gasteiger partial charge in [0.2, 0.25) is 5.76 Å². The minimum Gasteiger partial charge on any atom is -0.489 e. The highest BCUT2D eigenvalue weighted by Gasteiger charge is 2.17.